The van der Waals surface area contributed by atoms with Crippen molar-refractivity contribution < 1.29 is 4.57 Å². The second-order valence-electron chi connectivity index (χ2n) is 6.47. The third-order valence-corrected chi connectivity index (χ3v) is 4.50. The largest absolute Gasteiger partial charge is 0.355 e. The molecular formula is C20H23N6+. The SMILES string of the molecule is C[n+]1cn(Cc2ccc(/C=N/NC3=NCCCN3)cc2)c2ccccc21. The quantitative estimate of drug-likeness (QED) is 0.429. The number of hydrazone groups is 1. The second-order valence-corrected chi connectivity index (χ2v) is 6.47. The predicted octanol–water partition coefficient (Wildman–Crippen LogP) is 1.79. The Bertz CT molecular complexity index is 952. The Labute approximate surface area is 152 Å². The van der Waals surface area contributed by atoms with E-state index in [9.17, 15) is 0 Å². The molecule has 132 valence electrons. The maximum Gasteiger partial charge on any atom is 0.244 e. The molecule has 0 aliphatic carbocycles. The van der Waals surface area contributed by atoms with Crippen molar-refractivity contribution in [3.05, 3.63) is 66.0 Å². The van der Waals surface area contributed by atoms with Gasteiger partial charge in [-0.1, -0.05) is 36.4 Å². The first-order chi connectivity index (χ1) is 12.8. The van der Waals surface area contributed by atoms with E-state index >= 15 is 0 Å². The lowest BCUT2D eigenvalue weighted by atomic mass is 10.1. The highest BCUT2D eigenvalue weighted by atomic mass is 15.4. The van der Waals surface area contributed by atoms with E-state index in [2.05, 4.69) is 91.9 Å². The molecule has 1 aliphatic heterocycles. The van der Waals surface area contributed by atoms with Crippen LogP contribution in [0.15, 0.2) is 65.0 Å². The Morgan fingerprint density at radius 2 is 2.08 bits per heavy atom. The molecule has 26 heavy (non-hydrogen) atoms. The standard InChI is InChI=1S/C20H23N6/c1-25-15-26(19-6-3-2-5-18(19)25)14-17-9-7-16(8-10-17)13-23-24-20-21-11-4-12-22-20/h2-3,5-10,13,15H,4,11-12,14H2,1H3,(H2,21,22,24)/q+1/b23-13+. The molecular weight excluding hydrogens is 324 g/mol. The number of nitrogens with zero attached hydrogens (tertiary/aromatic N) is 4. The van der Waals surface area contributed by atoms with Crippen molar-refractivity contribution in [2.45, 2.75) is 13.0 Å². The summed E-state index contributed by atoms with van der Waals surface area (Å²) < 4.78 is 4.43. The summed E-state index contributed by atoms with van der Waals surface area (Å²) in [6.07, 6.45) is 5.03. The van der Waals surface area contributed by atoms with Gasteiger partial charge in [-0.15, -0.1) is 0 Å². The zero-order chi connectivity index (χ0) is 17.8. The fourth-order valence-electron chi connectivity index (χ4n) is 3.15. The third kappa shape index (κ3) is 3.59. The molecule has 0 saturated heterocycles. The molecule has 0 unspecified atom stereocenters. The Balaban J connectivity index is 1.43. The Morgan fingerprint density at radius 1 is 1.23 bits per heavy atom. The van der Waals surface area contributed by atoms with Crippen LogP contribution in [0.3, 0.4) is 0 Å². The lowest BCUT2D eigenvalue weighted by Gasteiger charge is -2.12. The number of imidazole rings is 1. The van der Waals surface area contributed by atoms with E-state index in [1.165, 1.54) is 16.6 Å². The molecule has 0 radical (unpaired) electrons. The van der Waals surface area contributed by atoms with Gasteiger partial charge in [0.05, 0.1) is 13.3 Å². The van der Waals surface area contributed by atoms with Crippen molar-refractivity contribution in [1.29, 1.82) is 0 Å². The summed E-state index contributed by atoms with van der Waals surface area (Å²) in [4.78, 5) is 4.32. The number of hydrogen-bond acceptors (Lipinski definition) is 4. The maximum atomic E-state index is 4.32. The van der Waals surface area contributed by atoms with Crippen LogP contribution in [0.5, 0.6) is 0 Å². The monoisotopic (exact) mass is 347 g/mol. The number of benzene rings is 2. The van der Waals surface area contributed by atoms with Crippen LogP contribution in [-0.2, 0) is 13.6 Å². The molecule has 0 bridgehead atoms. The van der Waals surface area contributed by atoms with E-state index < -0.39 is 0 Å². The summed E-state index contributed by atoms with van der Waals surface area (Å²) in [6, 6.07) is 16.9. The van der Waals surface area contributed by atoms with Crippen molar-refractivity contribution in [1.82, 2.24) is 15.3 Å². The van der Waals surface area contributed by atoms with Gasteiger partial charge in [0, 0.05) is 13.1 Å². The molecule has 1 aromatic heterocycles. The molecule has 2 N–H and O–H groups in total. The van der Waals surface area contributed by atoms with Crippen LogP contribution in [-0.4, -0.2) is 29.8 Å². The number of nitrogens with one attached hydrogen (secondary N) is 2. The van der Waals surface area contributed by atoms with Gasteiger partial charge in [-0.05, 0) is 29.7 Å². The first kappa shape index (κ1) is 16.3. The number of aryl methyl sites for hydroxylation is 1. The Kier molecular flexibility index (Phi) is 4.64. The number of aromatic nitrogens is 2. The number of hydrogen-bond donors (Lipinski definition) is 2. The van der Waals surface area contributed by atoms with E-state index in [1.807, 2.05) is 6.21 Å². The zero-order valence-corrected chi connectivity index (χ0v) is 14.9. The first-order valence-corrected chi connectivity index (χ1v) is 8.89. The van der Waals surface area contributed by atoms with Gasteiger partial charge in [0.25, 0.3) is 0 Å². The molecule has 0 amide bonds. The molecule has 1 aliphatic rings. The second kappa shape index (κ2) is 7.39. The average molecular weight is 347 g/mol. The summed E-state index contributed by atoms with van der Waals surface area (Å²) in [5.74, 6) is 0.747. The van der Waals surface area contributed by atoms with Crippen LogP contribution < -0.4 is 15.3 Å². The number of guanidine groups is 1. The molecule has 6 heteroatoms. The summed E-state index contributed by atoms with van der Waals surface area (Å²) in [6.45, 7) is 2.64. The third-order valence-electron chi connectivity index (χ3n) is 4.50. The molecule has 0 fully saturated rings. The van der Waals surface area contributed by atoms with Gasteiger partial charge in [0.15, 0.2) is 11.0 Å². The van der Waals surface area contributed by atoms with Crippen molar-refractivity contribution in [3.8, 4) is 0 Å². The van der Waals surface area contributed by atoms with E-state index in [0.29, 0.717) is 0 Å². The number of fused-ring (bicyclic) bond motifs is 1. The van der Waals surface area contributed by atoms with Crippen LogP contribution in [0.25, 0.3) is 11.0 Å². The minimum absolute atomic E-state index is 0.747. The lowest BCUT2D eigenvalue weighted by Crippen LogP contribution is -2.38. The summed E-state index contributed by atoms with van der Waals surface area (Å²) >= 11 is 0. The van der Waals surface area contributed by atoms with Gasteiger partial charge < -0.3 is 5.32 Å². The smallest absolute Gasteiger partial charge is 0.244 e. The van der Waals surface area contributed by atoms with Crippen molar-refractivity contribution in [2.24, 2.45) is 17.1 Å². The normalized spacial score (nSPS) is 14.4. The highest BCUT2D eigenvalue weighted by molar-refractivity contribution is 5.84. The molecule has 4 rings (SSSR count). The van der Waals surface area contributed by atoms with Crippen LogP contribution >= 0.6 is 0 Å². The lowest BCUT2D eigenvalue weighted by molar-refractivity contribution is -0.645. The van der Waals surface area contributed by atoms with Crippen LogP contribution in [0.2, 0.25) is 0 Å². The molecule has 3 aromatic rings. The van der Waals surface area contributed by atoms with Gasteiger partial charge in [-0.25, -0.2) is 14.6 Å². The van der Waals surface area contributed by atoms with E-state index in [0.717, 1.165) is 37.6 Å². The fourth-order valence-corrected chi connectivity index (χ4v) is 3.15. The van der Waals surface area contributed by atoms with E-state index in [1.54, 1.807) is 0 Å². The highest BCUT2D eigenvalue weighted by Gasteiger charge is 2.12. The Morgan fingerprint density at radius 3 is 2.88 bits per heavy atom. The molecule has 2 heterocycles. The molecule has 6 nitrogen and oxygen atoms in total. The van der Waals surface area contributed by atoms with Crippen molar-refractivity contribution >= 4 is 23.2 Å². The summed E-state index contributed by atoms with van der Waals surface area (Å²) in [5, 5.41) is 7.43. The van der Waals surface area contributed by atoms with Gasteiger partial charge in [0.1, 0.15) is 6.54 Å². The minimum Gasteiger partial charge on any atom is -0.355 e. The number of para-hydroxylation sites is 2. The predicted molar refractivity (Wildman–Crippen MR) is 104 cm³/mol. The molecule has 0 atom stereocenters. The van der Waals surface area contributed by atoms with E-state index in [-0.39, 0.29) is 0 Å². The van der Waals surface area contributed by atoms with Gasteiger partial charge in [0.2, 0.25) is 12.3 Å². The van der Waals surface area contributed by atoms with Crippen LogP contribution in [0, 0.1) is 0 Å². The number of aliphatic imine (C=N–C) groups is 1. The van der Waals surface area contributed by atoms with E-state index in [4.69, 9.17) is 0 Å². The molecule has 2 aromatic carbocycles. The fraction of sp³-hybridized carbons (Fsp3) is 0.250. The van der Waals surface area contributed by atoms with Gasteiger partial charge in [-0.2, -0.15) is 5.10 Å². The topological polar surface area (TPSA) is 57.6 Å². The van der Waals surface area contributed by atoms with Gasteiger partial charge in [-0.3, -0.25) is 4.99 Å². The van der Waals surface area contributed by atoms with Gasteiger partial charge >= 0.3 is 0 Å². The summed E-state index contributed by atoms with van der Waals surface area (Å²) in [7, 11) is 2.08. The Hall–Kier alpha value is -3.15. The number of rotatable bonds is 4. The zero-order valence-electron chi connectivity index (χ0n) is 14.9. The van der Waals surface area contributed by atoms with Crippen molar-refractivity contribution in [2.75, 3.05) is 13.1 Å². The molecule has 0 spiro atoms. The summed E-state index contributed by atoms with van der Waals surface area (Å²) in [5.41, 5.74) is 7.74. The first-order valence-electron chi connectivity index (χ1n) is 8.89. The maximum absolute atomic E-state index is 4.32. The highest BCUT2D eigenvalue weighted by Crippen LogP contribution is 2.13. The van der Waals surface area contributed by atoms with Crippen molar-refractivity contribution in [3.63, 3.8) is 0 Å². The van der Waals surface area contributed by atoms with Crippen LogP contribution in [0.1, 0.15) is 17.5 Å². The average Bonchev–Trinajstić information content (AvgIpc) is 3.00. The van der Waals surface area contributed by atoms with Crippen LogP contribution in [0.4, 0.5) is 0 Å². The minimum atomic E-state index is 0.747. The molecule has 0 saturated carbocycles.